The Morgan fingerprint density at radius 3 is 2.43 bits per heavy atom. The molecule has 28 heavy (non-hydrogen) atoms. The van der Waals surface area contributed by atoms with Crippen molar-refractivity contribution in [2.24, 2.45) is 0 Å². The lowest BCUT2D eigenvalue weighted by Gasteiger charge is -2.13. The zero-order valence-corrected chi connectivity index (χ0v) is 15.8. The number of rotatable bonds is 6. The first-order valence-electron chi connectivity index (χ1n) is 8.10. The Morgan fingerprint density at radius 1 is 1.18 bits per heavy atom. The first-order valence-corrected chi connectivity index (χ1v) is 9.75. The Hall–Kier alpha value is -2.82. The molecule has 0 saturated carbocycles. The fraction of sp³-hybridized carbons (Fsp3) is 0.294. The van der Waals surface area contributed by atoms with Crippen molar-refractivity contribution >= 4 is 27.3 Å². The van der Waals surface area contributed by atoms with Crippen LogP contribution >= 0.6 is 0 Å². The highest BCUT2D eigenvalue weighted by Gasteiger charge is 2.31. The van der Waals surface area contributed by atoms with Gasteiger partial charge >= 0.3 is 6.18 Å². The number of amides is 1. The topological polar surface area (TPSA) is 97.3 Å². The van der Waals surface area contributed by atoms with Gasteiger partial charge in [-0.3, -0.25) is 14.3 Å². The minimum Gasteiger partial charge on any atom is -0.325 e. The largest absolute Gasteiger partial charge is 0.417 e. The van der Waals surface area contributed by atoms with Gasteiger partial charge in [0.15, 0.2) is 0 Å². The van der Waals surface area contributed by atoms with E-state index in [0.29, 0.717) is 33.8 Å². The number of aryl methyl sites for hydroxylation is 1. The molecule has 2 N–H and O–H groups in total. The van der Waals surface area contributed by atoms with Crippen LogP contribution in [-0.2, 0) is 27.5 Å². The van der Waals surface area contributed by atoms with Crippen molar-refractivity contribution in [3.05, 3.63) is 58.0 Å². The van der Waals surface area contributed by atoms with Gasteiger partial charge in [-0.15, -0.1) is 0 Å². The second kappa shape index (κ2) is 8.05. The second-order valence-corrected chi connectivity index (χ2v) is 7.98. The van der Waals surface area contributed by atoms with Gasteiger partial charge in [-0.2, -0.15) is 13.2 Å². The molecule has 152 valence electrons. The molecule has 1 aromatic carbocycles. The molecule has 0 spiro atoms. The number of halogens is 3. The first kappa shape index (κ1) is 21.5. The predicted molar refractivity (Wildman–Crippen MR) is 98.6 cm³/mol. The summed E-state index contributed by atoms with van der Waals surface area (Å²) in [5.74, 6) is -0.806. The van der Waals surface area contributed by atoms with E-state index >= 15 is 0 Å². The van der Waals surface area contributed by atoms with Crippen molar-refractivity contribution in [2.75, 3.05) is 15.8 Å². The smallest absolute Gasteiger partial charge is 0.325 e. The third-order valence-electron chi connectivity index (χ3n) is 3.78. The lowest BCUT2D eigenvalue weighted by atomic mass is 10.2. The molecule has 0 aliphatic carbocycles. The van der Waals surface area contributed by atoms with E-state index in [-0.39, 0.29) is 5.75 Å². The number of anilines is 2. The normalized spacial score (nSPS) is 11.9. The summed E-state index contributed by atoms with van der Waals surface area (Å²) in [4.78, 5) is 23.8. The van der Waals surface area contributed by atoms with Crippen LogP contribution in [0.5, 0.6) is 0 Å². The highest BCUT2D eigenvalue weighted by Crippen LogP contribution is 2.28. The molecule has 2 aromatic rings. The molecule has 7 nitrogen and oxygen atoms in total. The van der Waals surface area contributed by atoms with Crippen LogP contribution in [-0.4, -0.2) is 24.6 Å². The third-order valence-corrected chi connectivity index (χ3v) is 5.07. The maximum atomic E-state index is 12.7. The van der Waals surface area contributed by atoms with Gasteiger partial charge in [0.05, 0.1) is 17.0 Å². The van der Waals surface area contributed by atoms with Crippen LogP contribution in [0.3, 0.4) is 0 Å². The van der Waals surface area contributed by atoms with Crippen molar-refractivity contribution in [1.29, 1.82) is 0 Å². The summed E-state index contributed by atoms with van der Waals surface area (Å²) in [6, 6.07) is 5.79. The van der Waals surface area contributed by atoms with E-state index in [2.05, 4.69) is 10.0 Å². The van der Waals surface area contributed by atoms with Crippen molar-refractivity contribution in [3.8, 4) is 0 Å². The summed E-state index contributed by atoms with van der Waals surface area (Å²) in [6.45, 7) is 2.51. The molecule has 0 bridgehead atoms. The minimum atomic E-state index is -4.63. The van der Waals surface area contributed by atoms with Gasteiger partial charge in [0.25, 0.3) is 5.56 Å². The summed E-state index contributed by atoms with van der Waals surface area (Å²) >= 11 is 0. The number of nitrogens with zero attached hydrogens (tertiary/aromatic N) is 1. The lowest BCUT2D eigenvalue weighted by Crippen LogP contribution is -2.28. The SMILES string of the molecule is CCS(=O)(=O)Nc1ccc(NC(=O)Cn2cc(C(F)(F)F)ccc2=O)cc1C. The maximum Gasteiger partial charge on any atom is 0.417 e. The summed E-state index contributed by atoms with van der Waals surface area (Å²) in [6.07, 6.45) is -4.06. The summed E-state index contributed by atoms with van der Waals surface area (Å²) in [5.41, 5.74) is -0.603. The number of carbonyl (C=O) groups excluding carboxylic acids is 1. The molecule has 11 heteroatoms. The molecule has 0 unspecified atom stereocenters. The number of alkyl halides is 3. The van der Waals surface area contributed by atoms with Gasteiger partial charge in [-0.25, -0.2) is 8.42 Å². The van der Waals surface area contributed by atoms with E-state index in [1.54, 1.807) is 6.92 Å². The molecule has 0 aliphatic rings. The van der Waals surface area contributed by atoms with E-state index in [1.807, 2.05) is 0 Å². The summed E-state index contributed by atoms with van der Waals surface area (Å²) in [5, 5.41) is 2.46. The Kier molecular flexibility index (Phi) is 6.17. The highest BCUT2D eigenvalue weighted by atomic mass is 32.2. The highest BCUT2D eigenvalue weighted by molar-refractivity contribution is 7.92. The molecule has 0 atom stereocenters. The van der Waals surface area contributed by atoms with Crippen LogP contribution in [0.4, 0.5) is 24.5 Å². The van der Waals surface area contributed by atoms with Crippen LogP contribution in [0.2, 0.25) is 0 Å². The molecule has 1 heterocycles. The average molecular weight is 417 g/mol. The van der Waals surface area contributed by atoms with Crippen LogP contribution in [0.1, 0.15) is 18.1 Å². The number of pyridine rings is 1. The Bertz CT molecular complexity index is 1050. The molecule has 0 saturated heterocycles. The fourth-order valence-corrected chi connectivity index (χ4v) is 2.98. The first-order chi connectivity index (χ1) is 12.9. The molecular weight excluding hydrogens is 399 g/mol. The van der Waals surface area contributed by atoms with Crippen LogP contribution in [0, 0.1) is 6.92 Å². The number of aromatic nitrogens is 1. The van der Waals surface area contributed by atoms with E-state index in [4.69, 9.17) is 0 Å². The van der Waals surface area contributed by atoms with Gasteiger partial charge in [0.1, 0.15) is 6.54 Å². The maximum absolute atomic E-state index is 12.7. The van der Waals surface area contributed by atoms with E-state index in [1.165, 1.54) is 25.1 Å². The Labute approximate surface area is 159 Å². The van der Waals surface area contributed by atoms with Crippen molar-refractivity contribution in [2.45, 2.75) is 26.6 Å². The lowest BCUT2D eigenvalue weighted by molar-refractivity contribution is -0.138. The zero-order chi connectivity index (χ0) is 21.1. The minimum absolute atomic E-state index is 0.101. The Morgan fingerprint density at radius 2 is 1.86 bits per heavy atom. The molecular formula is C17H18F3N3O4S. The summed E-state index contributed by atoms with van der Waals surface area (Å²) < 4.78 is 64.5. The van der Waals surface area contributed by atoms with E-state index in [9.17, 15) is 31.2 Å². The number of benzene rings is 1. The molecule has 1 aromatic heterocycles. The molecule has 0 radical (unpaired) electrons. The molecule has 1 amide bonds. The van der Waals surface area contributed by atoms with Crippen molar-refractivity contribution in [3.63, 3.8) is 0 Å². The van der Waals surface area contributed by atoms with Gasteiger partial charge in [0, 0.05) is 18.0 Å². The quantitative estimate of drug-likeness (QED) is 0.755. The zero-order valence-electron chi connectivity index (χ0n) is 15.0. The van der Waals surface area contributed by atoms with Gasteiger partial charge in [-0.1, -0.05) is 0 Å². The number of hydrogen-bond donors (Lipinski definition) is 2. The summed E-state index contributed by atoms with van der Waals surface area (Å²) in [7, 11) is -3.46. The number of hydrogen-bond acceptors (Lipinski definition) is 4. The van der Waals surface area contributed by atoms with Crippen LogP contribution in [0.25, 0.3) is 0 Å². The third kappa shape index (κ3) is 5.59. The van der Waals surface area contributed by atoms with Gasteiger partial charge in [0.2, 0.25) is 15.9 Å². The Balaban J connectivity index is 2.14. The number of sulfonamides is 1. The van der Waals surface area contributed by atoms with Crippen LogP contribution in [0.15, 0.2) is 41.3 Å². The van der Waals surface area contributed by atoms with E-state index in [0.717, 1.165) is 6.07 Å². The van der Waals surface area contributed by atoms with Crippen molar-refractivity contribution < 1.29 is 26.4 Å². The average Bonchev–Trinajstić information content (AvgIpc) is 2.58. The fourth-order valence-electron chi connectivity index (χ4n) is 2.27. The molecule has 2 rings (SSSR count). The predicted octanol–water partition coefficient (Wildman–Crippen LogP) is 2.58. The van der Waals surface area contributed by atoms with Gasteiger partial charge < -0.3 is 9.88 Å². The number of carbonyl (C=O) groups is 1. The van der Waals surface area contributed by atoms with Gasteiger partial charge in [-0.05, 0) is 43.7 Å². The number of nitrogens with one attached hydrogen (secondary N) is 2. The second-order valence-electron chi connectivity index (χ2n) is 5.97. The molecule has 0 aliphatic heterocycles. The van der Waals surface area contributed by atoms with Crippen molar-refractivity contribution in [1.82, 2.24) is 4.57 Å². The van der Waals surface area contributed by atoms with Crippen LogP contribution < -0.4 is 15.6 Å². The monoisotopic (exact) mass is 417 g/mol. The van der Waals surface area contributed by atoms with E-state index < -0.39 is 39.8 Å². The molecule has 0 fully saturated rings. The standard InChI is InChI=1S/C17H18F3N3O4S/c1-3-28(26,27)22-14-6-5-13(8-11(14)2)21-15(24)10-23-9-12(17(18,19)20)4-7-16(23)25/h4-9,22H,3,10H2,1-2H3,(H,21,24).